The summed E-state index contributed by atoms with van der Waals surface area (Å²) in [5.74, 6) is 0.141. The minimum atomic E-state index is -0.422. The summed E-state index contributed by atoms with van der Waals surface area (Å²) in [4.78, 5) is 38.6. The van der Waals surface area contributed by atoms with E-state index in [0.29, 0.717) is 22.6 Å². The molecule has 2 aromatic rings. The van der Waals surface area contributed by atoms with Crippen molar-refractivity contribution in [1.29, 1.82) is 0 Å². The third-order valence-corrected chi connectivity index (χ3v) is 4.93. The van der Waals surface area contributed by atoms with Crippen LogP contribution in [-0.2, 0) is 6.54 Å². The highest BCUT2D eigenvalue weighted by Gasteiger charge is 2.44. The molecule has 2 heterocycles. The van der Waals surface area contributed by atoms with Gasteiger partial charge in [-0.25, -0.2) is 4.79 Å². The number of fused-ring (bicyclic) bond motifs is 1. The first-order valence-corrected chi connectivity index (χ1v) is 9.46. The van der Waals surface area contributed by atoms with Crippen molar-refractivity contribution in [2.45, 2.75) is 51.7 Å². The Morgan fingerprint density at radius 2 is 2.00 bits per heavy atom. The fourth-order valence-corrected chi connectivity index (χ4v) is 3.44. The van der Waals surface area contributed by atoms with Gasteiger partial charge in [-0.2, -0.15) is 0 Å². The Morgan fingerprint density at radius 3 is 2.71 bits per heavy atom. The summed E-state index contributed by atoms with van der Waals surface area (Å²) in [5, 5.41) is 13.5. The van der Waals surface area contributed by atoms with E-state index < -0.39 is 6.03 Å². The number of aromatic nitrogens is 3. The monoisotopic (exact) mass is 382 g/mol. The Bertz CT molecular complexity index is 949. The van der Waals surface area contributed by atoms with Crippen molar-refractivity contribution in [2.75, 3.05) is 5.32 Å². The van der Waals surface area contributed by atoms with Gasteiger partial charge in [-0.1, -0.05) is 6.92 Å². The van der Waals surface area contributed by atoms with E-state index in [4.69, 9.17) is 0 Å². The molecule has 1 aromatic heterocycles. The van der Waals surface area contributed by atoms with Crippen molar-refractivity contribution in [3.63, 3.8) is 0 Å². The summed E-state index contributed by atoms with van der Waals surface area (Å²) < 4.78 is 1.90. The van der Waals surface area contributed by atoms with Crippen LogP contribution in [0.2, 0.25) is 0 Å². The first kappa shape index (κ1) is 18.1. The van der Waals surface area contributed by atoms with Crippen LogP contribution in [0, 0.1) is 0 Å². The van der Waals surface area contributed by atoms with Gasteiger partial charge in [0.2, 0.25) is 0 Å². The number of anilines is 1. The van der Waals surface area contributed by atoms with Gasteiger partial charge in [0.1, 0.15) is 6.33 Å². The Balaban J connectivity index is 1.44. The molecule has 1 atom stereocenters. The second kappa shape index (κ2) is 7.06. The average molecular weight is 382 g/mol. The quantitative estimate of drug-likeness (QED) is 0.745. The van der Waals surface area contributed by atoms with Crippen molar-refractivity contribution in [3.8, 4) is 0 Å². The lowest BCUT2D eigenvalue weighted by Gasteiger charge is -2.15. The number of nitrogens with one attached hydrogen (secondary N) is 2. The smallest absolute Gasteiger partial charge is 0.319 e. The third-order valence-electron chi connectivity index (χ3n) is 4.93. The molecule has 0 radical (unpaired) electrons. The number of urea groups is 1. The number of hydrogen-bond donors (Lipinski definition) is 2. The fourth-order valence-electron chi connectivity index (χ4n) is 3.44. The number of imide groups is 1. The van der Waals surface area contributed by atoms with Crippen molar-refractivity contribution in [2.24, 2.45) is 0 Å². The summed E-state index contributed by atoms with van der Waals surface area (Å²) >= 11 is 0. The molecule has 1 aliphatic heterocycles. The van der Waals surface area contributed by atoms with Crippen LogP contribution in [0.5, 0.6) is 0 Å². The number of carbonyl (C=O) groups excluding carboxylic acids is 3. The third kappa shape index (κ3) is 3.23. The molecule has 0 saturated heterocycles. The molecule has 1 saturated carbocycles. The molecule has 2 aliphatic rings. The molecule has 0 unspecified atom stereocenters. The zero-order valence-electron chi connectivity index (χ0n) is 15.8. The van der Waals surface area contributed by atoms with Crippen molar-refractivity contribution in [3.05, 3.63) is 41.5 Å². The van der Waals surface area contributed by atoms with E-state index in [9.17, 15) is 14.4 Å². The zero-order chi connectivity index (χ0) is 19.8. The average Bonchev–Trinajstić information content (AvgIpc) is 3.32. The van der Waals surface area contributed by atoms with Gasteiger partial charge < -0.3 is 15.2 Å². The Labute approximate surface area is 162 Å². The lowest BCUT2D eigenvalue weighted by Crippen LogP contribution is -2.32. The van der Waals surface area contributed by atoms with Crippen LogP contribution < -0.4 is 10.6 Å². The molecule has 4 rings (SSSR count). The van der Waals surface area contributed by atoms with Crippen LogP contribution in [0.4, 0.5) is 10.5 Å². The van der Waals surface area contributed by atoms with Gasteiger partial charge in [-0.15, -0.1) is 10.2 Å². The van der Waals surface area contributed by atoms with Gasteiger partial charge >= 0.3 is 6.03 Å². The molecule has 146 valence electrons. The van der Waals surface area contributed by atoms with Crippen LogP contribution in [0.15, 0.2) is 24.5 Å². The molecule has 1 fully saturated rings. The van der Waals surface area contributed by atoms with Gasteiger partial charge in [0, 0.05) is 18.3 Å². The van der Waals surface area contributed by atoms with E-state index >= 15 is 0 Å². The maximum Gasteiger partial charge on any atom is 0.319 e. The highest BCUT2D eigenvalue weighted by atomic mass is 16.2. The van der Waals surface area contributed by atoms with Crippen LogP contribution in [-0.4, -0.2) is 43.6 Å². The molecular formula is C19H22N6O3. The van der Waals surface area contributed by atoms with E-state index in [2.05, 4.69) is 27.8 Å². The summed E-state index contributed by atoms with van der Waals surface area (Å²) in [7, 11) is 0. The van der Waals surface area contributed by atoms with Gasteiger partial charge in [0.15, 0.2) is 5.82 Å². The SMILES string of the molecule is CCCn1cnnc1[C@H](C)NC(=O)Nc1ccc2c(c1)C(=O)N(C1CC1)C2=O. The number of benzene rings is 1. The number of amides is 4. The zero-order valence-corrected chi connectivity index (χ0v) is 15.8. The number of carbonyl (C=O) groups is 3. The molecule has 1 aromatic carbocycles. The standard InChI is InChI=1S/C19H22N6O3/c1-3-8-24-10-20-23-16(24)11(2)21-19(28)22-12-4-7-14-15(9-12)18(27)25(17(14)26)13-5-6-13/h4,7,9-11,13H,3,5-6,8H2,1-2H3,(H2,21,22,28)/t11-/m0/s1. The topological polar surface area (TPSA) is 109 Å². The molecule has 0 bridgehead atoms. The second-order valence-electron chi connectivity index (χ2n) is 7.17. The minimum absolute atomic E-state index is 0.0217. The van der Waals surface area contributed by atoms with Crippen LogP contribution in [0.3, 0.4) is 0 Å². The van der Waals surface area contributed by atoms with E-state index in [0.717, 1.165) is 25.8 Å². The maximum atomic E-state index is 12.5. The Morgan fingerprint density at radius 1 is 1.25 bits per heavy atom. The van der Waals surface area contributed by atoms with Gasteiger partial charge in [-0.05, 0) is 44.4 Å². The summed E-state index contributed by atoms with van der Waals surface area (Å²) in [6.45, 7) is 4.65. The number of rotatable bonds is 6. The Hall–Kier alpha value is -3.23. The van der Waals surface area contributed by atoms with E-state index in [1.54, 1.807) is 24.5 Å². The molecule has 4 amide bonds. The van der Waals surface area contributed by atoms with Crippen molar-refractivity contribution in [1.82, 2.24) is 25.0 Å². The lowest BCUT2D eigenvalue weighted by molar-refractivity contribution is 0.0642. The van der Waals surface area contributed by atoms with E-state index in [1.165, 1.54) is 4.90 Å². The highest BCUT2D eigenvalue weighted by molar-refractivity contribution is 6.22. The maximum absolute atomic E-state index is 12.5. The molecule has 28 heavy (non-hydrogen) atoms. The molecule has 2 N–H and O–H groups in total. The van der Waals surface area contributed by atoms with Gasteiger partial charge in [0.25, 0.3) is 11.8 Å². The van der Waals surface area contributed by atoms with Crippen molar-refractivity contribution < 1.29 is 14.4 Å². The summed E-state index contributed by atoms with van der Waals surface area (Å²) in [6.07, 6.45) is 4.30. The van der Waals surface area contributed by atoms with Crippen LogP contribution >= 0.6 is 0 Å². The first-order valence-electron chi connectivity index (χ1n) is 9.46. The van der Waals surface area contributed by atoms with E-state index in [1.807, 2.05) is 11.5 Å². The minimum Gasteiger partial charge on any atom is -0.328 e. The number of hydrogen-bond acceptors (Lipinski definition) is 5. The number of nitrogens with zero attached hydrogens (tertiary/aromatic N) is 4. The van der Waals surface area contributed by atoms with Gasteiger partial charge in [-0.3, -0.25) is 14.5 Å². The fraction of sp³-hybridized carbons (Fsp3) is 0.421. The largest absolute Gasteiger partial charge is 0.328 e. The summed E-state index contributed by atoms with van der Waals surface area (Å²) in [6, 6.07) is 4.04. The molecule has 1 aliphatic carbocycles. The van der Waals surface area contributed by atoms with Crippen LogP contribution in [0.1, 0.15) is 65.7 Å². The molecule has 9 heteroatoms. The van der Waals surface area contributed by atoms with Gasteiger partial charge in [0.05, 0.1) is 17.2 Å². The molecular weight excluding hydrogens is 360 g/mol. The lowest BCUT2D eigenvalue weighted by atomic mass is 10.1. The molecule has 9 nitrogen and oxygen atoms in total. The van der Waals surface area contributed by atoms with Crippen molar-refractivity contribution >= 4 is 23.5 Å². The normalized spacial score (nSPS) is 16.9. The molecule has 0 spiro atoms. The summed E-state index contributed by atoms with van der Waals surface area (Å²) in [5.41, 5.74) is 1.19. The Kier molecular flexibility index (Phi) is 4.58. The predicted molar refractivity (Wildman–Crippen MR) is 101 cm³/mol. The highest BCUT2D eigenvalue weighted by Crippen LogP contribution is 2.35. The van der Waals surface area contributed by atoms with E-state index in [-0.39, 0.29) is 23.9 Å². The predicted octanol–water partition coefficient (Wildman–Crippen LogP) is 2.33. The first-order chi connectivity index (χ1) is 13.5. The second-order valence-corrected chi connectivity index (χ2v) is 7.17. The van der Waals surface area contributed by atoms with Crippen LogP contribution in [0.25, 0.3) is 0 Å². The number of aryl methyl sites for hydroxylation is 1.